The second-order valence-corrected chi connectivity index (χ2v) is 6.87. The zero-order valence-corrected chi connectivity index (χ0v) is 18.5. The standard InChI is InChI=1S/C7H9NO2S.3C4H4O4/c1-6-4-2-3-5-7(6)11(8,9)10;3*5-3(6)1-2-4(7)8/h2-5H,1H3,(H2,8,9,10);3*1-2H,(H,5,6)(H,7,8)/b;3*2-1-. The molecule has 0 aromatic heterocycles. The largest absolute Gasteiger partial charge is 0.478 e. The Balaban J connectivity index is -0.000000396. The van der Waals surface area contributed by atoms with Crippen LogP contribution in [0.15, 0.2) is 65.6 Å². The summed E-state index contributed by atoms with van der Waals surface area (Å²) in [5.41, 5.74) is 0.676. The molecule has 1 aromatic carbocycles. The second kappa shape index (κ2) is 18.7. The lowest BCUT2D eigenvalue weighted by atomic mass is 10.2. The molecule has 8 N–H and O–H groups in total. The minimum absolute atomic E-state index is 0.194. The monoisotopic (exact) mass is 519 g/mol. The molecular weight excluding hydrogens is 498 g/mol. The molecule has 0 heterocycles. The number of rotatable bonds is 7. The van der Waals surface area contributed by atoms with Crippen molar-refractivity contribution in [3.8, 4) is 0 Å². The molecule has 35 heavy (non-hydrogen) atoms. The van der Waals surface area contributed by atoms with E-state index < -0.39 is 45.8 Å². The molecule has 192 valence electrons. The molecule has 0 fully saturated rings. The Morgan fingerprint density at radius 1 is 0.600 bits per heavy atom. The number of primary sulfonamides is 1. The highest BCUT2D eigenvalue weighted by Gasteiger charge is 2.08. The summed E-state index contributed by atoms with van der Waals surface area (Å²) in [6, 6.07) is 6.61. The quantitative estimate of drug-likeness (QED) is 0.229. The van der Waals surface area contributed by atoms with E-state index in [-0.39, 0.29) is 4.90 Å². The van der Waals surface area contributed by atoms with Crippen LogP contribution in [-0.2, 0) is 38.8 Å². The van der Waals surface area contributed by atoms with Gasteiger partial charge >= 0.3 is 35.8 Å². The van der Waals surface area contributed by atoms with Gasteiger partial charge in [-0.25, -0.2) is 42.3 Å². The van der Waals surface area contributed by atoms with Gasteiger partial charge in [-0.2, -0.15) is 0 Å². The Morgan fingerprint density at radius 3 is 0.971 bits per heavy atom. The summed E-state index contributed by atoms with van der Waals surface area (Å²) in [7, 11) is -3.53. The summed E-state index contributed by atoms with van der Waals surface area (Å²) in [5.74, 6) is -7.54. The number of nitrogens with two attached hydrogens (primary N) is 1. The highest BCUT2D eigenvalue weighted by atomic mass is 32.2. The fourth-order valence-corrected chi connectivity index (χ4v) is 2.09. The normalized spacial score (nSPS) is 10.1. The molecule has 1 rings (SSSR count). The molecule has 0 aliphatic heterocycles. The van der Waals surface area contributed by atoms with E-state index in [1.54, 1.807) is 25.1 Å². The molecule has 1 aromatic rings. The number of hydrogen-bond acceptors (Lipinski definition) is 8. The van der Waals surface area contributed by atoms with E-state index in [4.69, 9.17) is 35.8 Å². The molecule has 15 nitrogen and oxygen atoms in total. The van der Waals surface area contributed by atoms with Crippen LogP contribution in [0.5, 0.6) is 0 Å². The first-order valence-corrected chi connectivity index (χ1v) is 9.95. The number of carbonyl (C=O) groups is 6. The average molecular weight is 519 g/mol. The molecule has 0 amide bonds. The van der Waals surface area contributed by atoms with E-state index in [0.717, 1.165) is 0 Å². The van der Waals surface area contributed by atoms with Crippen LogP contribution in [0.3, 0.4) is 0 Å². The molecule has 0 atom stereocenters. The summed E-state index contributed by atoms with van der Waals surface area (Å²) in [4.78, 5) is 57.5. The van der Waals surface area contributed by atoms with Crippen LogP contribution in [0.25, 0.3) is 0 Å². The van der Waals surface area contributed by atoms with Gasteiger partial charge in [0.25, 0.3) is 0 Å². The topological polar surface area (TPSA) is 284 Å². The van der Waals surface area contributed by atoms with Crippen molar-refractivity contribution in [3.05, 3.63) is 66.3 Å². The first-order chi connectivity index (χ1) is 15.9. The van der Waals surface area contributed by atoms with Crippen LogP contribution in [0.1, 0.15) is 5.56 Å². The summed E-state index contributed by atoms with van der Waals surface area (Å²) >= 11 is 0. The van der Waals surface area contributed by atoms with Crippen LogP contribution >= 0.6 is 0 Å². The van der Waals surface area contributed by atoms with Gasteiger partial charge in [0.05, 0.1) is 4.90 Å². The molecule has 0 saturated heterocycles. The molecule has 0 aliphatic carbocycles. The van der Waals surface area contributed by atoms with Gasteiger partial charge in [0, 0.05) is 36.5 Å². The smallest absolute Gasteiger partial charge is 0.328 e. The van der Waals surface area contributed by atoms with Crippen LogP contribution in [0.4, 0.5) is 0 Å². The predicted molar refractivity (Wildman–Crippen MR) is 116 cm³/mol. The molecule has 0 saturated carbocycles. The van der Waals surface area contributed by atoms with Crippen molar-refractivity contribution in [2.75, 3.05) is 0 Å². The number of sulfonamides is 1. The second-order valence-electron chi connectivity index (χ2n) is 5.34. The Kier molecular flexibility index (Phi) is 18.6. The Labute approximate surface area is 197 Å². The Bertz CT molecular complexity index is 971. The Hall–Kier alpha value is -4.83. The fourth-order valence-electron chi connectivity index (χ4n) is 1.30. The van der Waals surface area contributed by atoms with Crippen LogP contribution in [0, 0.1) is 6.92 Å². The van der Waals surface area contributed by atoms with Gasteiger partial charge in [0.15, 0.2) is 0 Å². The summed E-state index contributed by atoms with van der Waals surface area (Å²) in [6.45, 7) is 1.71. The maximum Gasteiger partial charge on any atom is 0.328 e. The first-order valence-electron chi connectivity index (χ1n) is 8.40. The van der Waals surface area contributed by atoms with Crippen molar-refractivity contribution < 1.29 is 67.8 Å². The summed E-state index contributed by atoms with van der Waals surface area (Å²) in [6.07, 6.45) is 3.35. The minimum Gasteiger partial charge on any atom is -0.478 e. The van der Waals surface area contributed by atoms with Crippen LogP contribution in [0.2, 0.25) is 0 Å². The molecule has 0 bridgehead atoms. The van der Waals surface area contributed by atoms with Crippen molar-refractivity contribution in [1.82, 2.24) is 0 Å². The van der Waals surface area contributed by atoms with E-state index in [1.165, 1.54) is 6.07 Å². The molecule has 0 aliphatic rings. The van der Waals surface area contributed by atoms with Gasteiger partial charge in [-0.15, -0.1) is 0 Å². The van der Waals surface area contributed by atoms with Crippen molar-refractivity contribution in [2.24, 2.45) is 5.14 Å². The number of carboxylic acid groups (broad SMARTS) is 6. The Morgan fingerprint density at radius 2 is 0.829 bits per heavy atom. The van der Waals surface area contributed by atoms with Crippen LogP contribution in [-0.4, -0.2) is 74.9 Å². The van der Waals surface area contributed by atoms with Crippen molar-refractivity contribution in [2.45, 2.75) is 11.8 Å². The van der Waals surface area contributed by atoms with Crippen molar-refractivity contribution in [1.29, 1.82) is 0 Å². The van der Waals surface area contributed by atoms with E-state index in [2.05, 4.69) is 0 Å². The fraction of sp³-hybridized carbons (Fsp3) is 0.0526. The third-order valence-electron chi connectivity index (χ3n) is 2.51. The average Bonchev–Trinajstić information content (AvgIpc) is 2.70. The molecule has 0 radical (unpaired) electrons. The van der Waals surface area contributed by atoms with E-state index in [0.29, 0.717) is 42.0 Å². The maximum atomic E-state index is 10.8. The lowest BCUT2D eigenvalue weighted by Crippen LogP contribution is -2.13. The van der Waals surface area contributed by atoms with E-state index >= 15 is 0 Å². The number of hydrogen-bond donors (Lipinski definition) is 7. The number of aliphatic carboxylic acids is 6. The van der Waals surface area contributed by atoms with E-state index in [9.17, 15) is 37.2 Å². The molecule has 16 heteroatoms. The molecule has 0 unspecified atom stereocenters. The number of carboxylic acids is 6. The van der Waals surface area contributed by atoms with Crippen molar-refractivity contribution in [3.63, 3.8) is 0 Å². The SMILES string of the molecule is Cc1ccccc1S(N)(=O)=O.O=C(O)/C=C\C(=O)O.O=C(O)/C=C\C(=O)O.O=C(O)/C=C\C(=O)O. The third-order valence-corrected chi connectivity index (χ3v) is 3.58. The molecule has 0 spiro atoms. The number of benzene rings is 1. The van der Waals surface area contributed by atoms with Gasteiger partial charge in [-0.1, -0.05) is 18.2 Å². The van der Waals surface area contributed by atoms with E-state index in [1.807, 2.05) is 0 Å². The summed E-state index contributed by atoms with van der Waals surface area (Å²) < 4.78 is 21.7. The van der Waals surface area contributed by atoms with Gasteiger partial charge < -0.3 is 30.6 Å². The highest BCUT2D eigenvalue weighted by molar-refractivity contribution is 7.89. The van der Waals surface area contributed by atoms with Gasteiger partial charge in [0.1, 0.15) is 0 Å². The lowest BCUT2D eigenvalue weighted by molar-refractivity contribution is -0.134. The van der Waals surface area contributed by atoms with Gasteiger partial charge in [-0.3, -0.25) is 0 Å². The third kappa shape index (κ3) is 29.2. The maximum absolute atomic E-state index is 10.8. The lowest BCUT2D eigenvalue weighted by Gasteiger charge is -2.00. The van der Waals surface area contributed by atoms with Gasteiger partial charge in [-0.05, 0) is 18.6 Å². The zero-order valence-electron chi connectivity index (χ0n) is 17.7. The first kappa shape index (κ1) is 34.8. The van der Waals surface area contributed by atoms with Gasteiger partial charge in [0.2, 0.25) is 10.0 Å². The predicted octanol–water partition coefficient (Wildman–Crippen LogP) is -0.222. The number of aryl methyl sites for hydroxylation is 1. The zero-order chi connectivity index (χ0) is 28.2. The summed E-state index contributed by atoms with van der Waals surface area (Å²) in [5, 5.41) is 51.8. The minimum atomic E-state index is -3.53. The van der Waals surface area contributed by atoms with Crippen LogP contribution < -0.4 is 5.14 Å². The highest BCUT2D eigenvalue weighted by Crippen LogP contribution is 2.10. The molecular formula is C19H21NO14S. The van der Waals surface area contributed by atoms with Crippen molar-refractivity contribution >= 4 is 45.8 Å².